The van der Waals surface area contributed by atoms with Crippen molar-refractivity contribution in [2.45, 2.75) is 18.9 Å². The van der Waals surface area contributed by atoms with Gasteiger partial charge in [-0.3, -0.25) is 9.59 Å². The van der Waals surface area contributed by atoms with E-state index in [0.29, 0.717) is 29.3 Å². The second kappa shape index (κ2) is 7.43. The van der Waals surface area contributed by atoms with Crippen molar-refractivity contribution >= 4 is 11.8 Å². The molecule has 27 heavy (non-hydrogen) atoms. The van der Waals surface area contributed by atoms with E-state index < -0.39 is 0 Å². The Balaban J connectivity index is 1.53. The van der Waals surface area contributed by atoms with Crippen LogP contribution in [0.2, 0.25) is 0 Å². The second-order valence-electron chi connectivity index (χ2n) is 7.22. The van der Waals surface area contributed by atoms with E-state index in [-0.39, 0.29) is 17.9 Å². The van der Waals surface area contributed by atoms with Gasteiger partial charge in [-0.2, -0.15) is 0 Å². The smallest absolute Gasteiger partial charge is 0.257 e. The largest absolute Gasteiger partial charge is 0.496 e. The molecule has 0 radical (unpaired) electrons. The van der Waals surface area contributed by atoms with Gasteiger partial charge in [-0.05, 0) is 43.0 Å². The SMILES string of the molecule is COc1ccccc1C(=O)N1CCC2CCN(C(=O)c3ccccc3)C2C1. The number of benzene rings is 2. The molecule has 0 bridgehead atoms. The van der Waals surface area contributed by atoms with Crippen LogP contribution < -0.4 is 4.74 Å². The van der Waals surface area contributed by atoms with Gasteiger partial charge in [0, 0.05) is 25.2 Å². The highest BCUT2D eigenvalue weighted by Crippen LogP contribution is 2.33. The Labute approximate surface area is 159 Å². The van der Waals surface area contributed by atoms with Crippen LogP contribution in [0.15, 0.2) is 54.6 Å². The number of amides is 2. The molecule has 0 spiro atoms. The lowest BCUT2D eigenvalue weighted by molar-refractivity contribution is 0.0497. The summed E-state index contributed by atoms with van der Waals surface area (Å²) in [5.41, 5.74) is 1.30. The third-order valence-electron chi connectivity index (χ3n) is 5.77. The second-order valence-corrected chi connectivity index (χ2v) is 7.22. The van der Waals surface area contributed by atoms with E-state index in [0.717, 1.165) is 25.9 Å². The van der Waals surface area contributed by atoms with Crippen LogP contribution in [0.1, 0.15) is 33.6 Å². The van der Waals surface area contributed by atoms with E-state index in [1.165, 1.54) is 0 Å². The maximum atomic E-state index is 13.1. The van der Waals surface area contributed by atoms with Crippen LogP contribution in [0.4, 0.5) is 0 Å². The number of ether oxygens (including phenoxy) is 1. The summed E-state index contributed by atoms with van der Waals surface area (Å²) in [4.78, 5) is 29.8. The van der Waals surface area contributed by atoms with Gasteiger partial charge in [0.25, 0.3) is 11.8 Å². The summed E-state index contributed by atoms with van der Waals surface area (Å²) >= 11 is 0. The van der Waals surface area contributed by atoms with E-state index in [9.17, 15) is 9.59 Å². The van der Waals surface area contributed by atoms with E-state index in [1.54, 1.807) is 19.2 Å². The Kier molecular flexibility index (Phi) is 4.84. The van der Waals surface area contributed by atoms with Crippen molar-refractivity contribution in [1.29, 1.82) is 0 Å². The number of methoxy groups -OCH3 is 1. The molecule has 2 unspecified atom stereocenters. The summed E-state index contributed by atoms with van der Waals surface area (Å²) in [6.07, 6.45) is 1.95. The summed E-state index contributed by atoms with van der Waals surface area (Å²) in [6, 6.07) is 16.8. The Morgan fingerprint density at radius 3 is 2.41 bits per heavy atom. The number of nitrogens with zero attached hydrogens (tertiary/aromatic N) is 2. The van der Waals surface area contributed by atoms with Gasteiger partial charge >= 0.3 is 0 Å². The summed E-state index contributed by atoms with van der Waals surface area (Å²) < 4.78 is 5.35. The zero-order chi connectivity index (χ0) is 18.8. The highest BCUT2D eigenvalue weighted by molar-refractivity contribution is 5.97. The fraction of sp³-hybridized carbons (Fsp3) is 0.364. The predicted octanol–water partition coefficient (Wildman–Crippen LogP) is 3.07. The Bertz CT molecular complexity index is 836. The van der Waals surface area contributed by atoms with Crippen LogP contribution in [-0.4, -0.2) is 54.4 Å². The molecular formula is C22H24N2O3. The van der Waals surface area contributed by atoms with Gasteiger partial charge in [-0.1, -0.05) is 30.3 Å². The van der Waals surface area contributed by atoms with Gasteiger partial charge in [0.05, 0.1) is 18.7 Å². The topological polar surface area (TPSA) is 49.9 Å². The number of rotatable bonds is 3. The molecule has 0 N–H and O–H groups in total. The Morgan fingerprint density at radius 2 is 1.63 bits per heavy atom. The number of para-hydroxylation sites is 1. The van der Waals surface area contributed by atoms with Crippen molar-refractivity contribution in [3.8, 4) is 5.75 Å². The average molecular weight is 364 g/mol. The lowest BCUT2D eigenvalue weighted by Crippen LogP contribution is -2.51. The molecular weight excluding hydrogens is 340 g/mol. The standard InChI is InChI=1S/C22H24N2O3/c1-27-20-10-6-5-9-18(20)22(26)23-13-11-16-12-14-24(19(16)15-23)21(25)17-7-3-2-4-8-17/h2-10,16,19H,11-15H2,1H3. The van der Waals surface area contributed by atoms with Crippen molar-refractivity contribution in [3.63, 3.8) is 0 Å². The molecule has 2 aliphatic heterocycles. The highest BCUT2D eigenvalue weighted by atomic mass is 16.5. The van der Waals surface area contributed by atoms with Gasteiger partial charge in [-0.25, -0.2) is 0 Å². The maximum absolute atomic E-state index is 13.1. The molecule has 5 nitrogen and oxygen atoms in total. The first-order chi connectivity index (χ1) is 13.2. The molecule has 0 aliphatic carbocycles. The third-order valence-corrected chi connectivity index (χ3v) is 5.77. The summed E-state index contributed by atoms with van der Waals surface area (Å²) in [5.74, 6) is 1.10. The van der Waals surface area contributed by atoms with Crippen LogP contribution in [0.3, 0.4) is 0 Å². The molecule has 2 aliphatic rings. The zero-order valence-electron chi connectivity index (χ0n) is 15.5. The van der Waals surface area contributed by atoms with Gasteiger partial charge in [0.2, 0.25) is 0 Å². The van der Waals surface area contributed by atoms with Gasteiger partial charge in [-0.15, -0.1) is 0 Å². The van der Waals surface area contributed by atoms with Gasteiger partial charge < -0.3 is 14.5 Å². The summed E-state index contributed by atoms with van der Waals surface area (Å²) in [7, 11) is 1.58. The molecule has 2 atom stereocenters. The monoisotopic (exact) mass is 364 g/mol. The molecule has 5 heteroatoms. The quantitative estimate of drug-likeness (QED) is 0.841. The minimum atomic E-state index is -0.0232. The molecule has 4 rings (SSSR count). The van der Waals surface area contributed by atoms with Crippen molar-refractivity contribution in [3.05, 3.63) is 65.7 Å². The van der Waals surface area contributed by atoms with E-state index in [2.05, 4.69) is 0 Å². The predicted molar refractivity (Wildman–Crippen MR) is 103 cm³/mol. The third kappa shape index (κ3) is 3.29. The van der Waals surface area contributed by atoms with Gasteiger partial charge in [0.15, 0.2) is 0 Å². The van der Waals surface area contributed by atoms with Crippen molar-refractivity contribution in [1.82, 2.24) is 9.80 Å². The average Bonchev–Trinajstić information content (AvgIpc) is 3.16. The molecule has 2 amide bonds. The van der Waals surface area contributed by atoms with Crippen molar-refractivity contribution in [2.75, 3.05) is 26.7 Å². The molecule has 0 aromatic heterocycles. The molecule has 2 fully saturated rings. The van der Waals surface area contributed by atoms with Crippen LogP contribution in [0.5, 0.6) is 5.75 Å². The highest BCUT2D eigenvalue weighted by Gasteiger charge is 2.42. The number of hydrogen-bond acceptors (Lipinski definition) is 3. The van der Waals surface area contributed by atoms with Crippen LogP contribution in [0, 0.1) is 5.92 Å². The summed E-state index contributed by atoms with van der Waals surface area (Å²) in [6.45, 7) is 2.07. The van der Waals surface area contributed by atoms with E-state index in [4.69, 9.17) is 4.74 Å². The van der Waals surface area contributed by atoms with Crippen LogP contribution >= 0.6 is 0 Å². The molecule has 2 aromatic rings. The number of fused-ring (bicyclic) bond motifs is 1. The van der Waals surface area contributed by atoms with Crippen molar-refractivity contribution < 1.29 is 14.3 Å². The van der Waals surface area contributed by atoms with E-state index in [1.807, 2.05) is 52.3 Å². The molecule has 2 heterocycles. The number of piperidine rings is 1. The van der Waals surface area contributed by atoms with Crippen molar-refractivity contribution in [2.24, 2.45) is 5.92 Å². The lowest BCUT2D eigenvalue weighted by atomic mass is 9.91. The Hall–Kier alpha value is -2.82. The van der Waals surface area contributed by atoms with Crippen LogP contribution in [-0.2, 0) is 0 Å². The number of hydrogen-bond donors (Lipinski definition) is 0. The molecule has 2 aromatic carbocycles. The number of carbonyl (C=O) groups excluding carboxylic acids is 2. The first kappa shape index (κ1) is 17.6. The summed E-state index contributed by atoms with van der Waals surface area (Å²) in [5, 5.41) is 0. The van der Waals surface area contributed by atoms with Crippen LogP contribution in [0.25, 0.3) is 0 Å². The fourth-order valence-corrected chi connectivity index (χ4v) is 4.32. The fourth-order valence-electron chi connectivity index (χ4n) is 4.32. The first-order valence-corrected chi connectivity index (χ1v) is 9.47. The first-order valence-electron chi connectivity index (χ1n) is 9.47. The minimum absolute atomic E-state index is 0.0232. The lowest BCUT2D eigenvalue weighted by Gasteiger charge is -2.38. The number of likely N-dealkylation sites (tertiary alicyclic amines) is 2. The maximum Gasteiger partial charge on any atom is 0.257 e. The van der Waals surface area contributed by atoms with Gasteiger partial charge in [0.1, 0.15) is 5.75 Å². The molecule has 0 saturated carbocycles. The van der Waals surface area contributed by atoms with E-state index >= 15 is 0 Å². The Morgan fingerprint density at radius 1 is 0.926 bits per heavy atom. The molecule has 2 saturated heterocycles. The number of carbonyl (C=O) groups is 2. The molecule has 140 valence electrons. The zero-order valence-corrected chi connectivity index (χ0v) is 15.5. The minimum Gasteiger partial charge on any atom is -0.496 e. The normalized spacial score (nSPS) is 21.7.